The van der Waals surface area contributed by atoms with Gasteiger partial charge in [0.25, 0.3) is 0 Å². The molecule has 0 aliphatic carbocycles. The van der Waals surface area contributed by atoms with Crippen molar-refractivity contribution in [1.29, 1.82) is 0 Å². The fourth-order valence-corrected chi connectivity index (χ4v) is 3.34. The summed E-state index contributed by atoms with van der Waals surface area (Å²) in [7, 11) is 0. The Morgan fingerprint density at radius 3 is 2.74 bits per heavy atom. The van der Waals surface area contributed by atoms with E-state index in [1.54, 1.807) is 0 Å². The lowest BCUT2D eigenvalue weighted by Gasteiger charge is -2.36. The number of aromatic nitrogens is 1. The first-order valence-corrected chi connectivity index (χ1v) is 8.89. The number of piperidine rings is 1. The van der Waals surface area contributed by atoms with Gasteiger partial charge >= 0.3 is 0 Å². The van der Waals surface area contributed by atoms with Gasteiger partial charge in [-0.15, -0.1) is 0 Å². The summed E-state index contributed by atoms with van der Waals surface area (Å²) in [6.45, 7) is 4.71. The maximum atomic E-state index is 4.63. The molecule has 1 aliphatic heterocycles. The highest BCUT2D eigenvalue weighted by atomic mass is 15.2. The maximum Gasteiger partial charge on any atom is 0.130 e. The molecule has 122 valence electrons. The first-order chi connectivity index (χ1) is 11.4. The molecule has 3 nitrogen and oxygen atoms in total. The van der Waals surface area contributed by atoms with Gasteiger partial charge in [-0.25, -0.2) is 4.98 Å². The molecule has 0 unspecified atom stereocenters. The van der Waals surface area contributed by atoms with Gasteiger partial charge in [-0.2, -0.15) is 0 Å². The minimum Gasteiger partial charge on any atom is -0.340 e. The van der Waals surface area contributed by atoms with Crippen molar-refractivity contribution in [3.8, 4) is 0 Å². The Balaban J connectivity index is 1.67. The largest absolute Gasteiger partial charge is 0.340 e. The number of unbranched alkanes of at least 4 members (excludes halogenated alkanes) is 1. The van der Waals surface area contributed by atoms with E-state index in [0.29, 0.717) is 6.04 Å². The van der Waals surface area contributed by atoms with Crippen molar-refractivity contribution < 1.29 is 0 Å². The minimum absolute atomic E-state index is 0.550. The molecule has 0 radical (unpaired) electrons. The van der Waals surface area contributed by atoms with Gasteiger partial charge in [-0.1, -0.05) is 44.0 Å². The van der Waals surface area contributed by atoms with E-state index in [4.69, 9.17) is 0 Å². The van der Waals surface area contributed by atoms with E-state index in [-0.39, 0.29) is 0 Å². The van der Waals surface area contributed by atoms with E-state index in [2.05, 4.69) is 52.6 Å². The average Bonchev–Trinajstić information content (AvgIpc) is 2.62. The van der Waals surface area contributed by atoms with Crippen molar-refractivity contribution in [2.45, 2.75) is 45.1 Å². The molecule has 1 aromatic carbocycles. The van der Waals surface area contributed by atoms with E-state index in [1.807, 2.05) is 18.2 Å². The molecule has 1 fully saturated rings. The third-order valence-corrected chi connectivity index (χ3v) is 4.63. The SMILES string of the molecule is CCCCN1CCCC[C@H]1c1ccc(Nc2ccccc2)nc1. The molecule has 1 aliphatic rings. The number of nitrogens with zero attached hydrogens (tertiary/aromatic N) is 2. The van der Waals surface area contributed by atoms with Crippen molar-refractivity contribution in [3.63, 3.8) is 0 Å². The second-order valence-electron chi connectivity index (χ2n) is 6.37. The summed E-state index contributed by atoms with van der Waals surface area (Å²) in [4.78, 5) is 7.27. The molecule has 3 heteroatoms. The Kier molecular flexibility index (Phi) is 5.65. The van der Waals surface area contributed by atoms with Gasteiger partial charge in [0.15, 0.2) is 0 Å². The van der Waals surface area contributed by atoms with E-state index in [1.165, 1.54) is 50.8 Å². The average molecular weight is 309 g/mol. The highest BCUT2D eigenvalue weighted by Gasteiger charge is 2.23. The van der Waals surface area contributed by atoms with Gasteiger partial charge in [0.1, 0.15) is 5.82 Å². The highest BCUT2D eigenvalue weighted by Crippen LogP contribution is 2.31. The number of pyridine rings is 1. The predicted octanol–water partition coefficient (Wildman–Crippen LogP) is 5.15. The van der Waals surface area contributed by atoms with Crippen molar-refractivity contribution in [2.75, 3.05) is 18.4 Å². The fourth-order valence-electron chi connectivity index (χ4n) is 3.34. The van der Waals surface area contributed by atoms with Crippen LogP contribution in [0.25, 0.3) is 0 Å². The molecule has 0 amide bonds. The second-order valence-corrected chi connectivity index (χ2v) is 6.37. The molecule has 1 aromatic heterocycles. The standard InChI is InChI=1S/C20H27N3/c1-2-3-14-23-15-8-7-11-19(23)17-12-13-20(21-16-17)22-18-9-5-4-6-10-18/h4-6,9-10,12-13,16,19H,2-3,7-8,11,14-15H2,1H3,(H,21,22)/t19-/m0/s1. The van der Waals surface area contributed by atoms with Gasteiger partial charge in [-0.3, -0.25) is 4.90 Å². The zero-order valence-corrected chi connectivity index (χ0v) is 14.0. The van der Waals surface area contributed by atoms with Crippen molar-refractivity contribution in [3.05, 3.63) is 54.2 Å². The third-order valence-electron chi connectivity index (χ3n) is 4.63. The van der Waals surface area contributed by atoms with Crippen LogP contribution < -0.4 is 5.32 Å². The molecule has 23 heavy (non-hydrogen) atoms. The summed E-state index contributed by atoms with van der Waals surface area (Å²) in [6.07, 6.45) is 8.54. The molecule has 0 spiro atoms. The summed E-state index contributed by atoms with van der Waals surface area (Å²) in [6, 6.07) is 15.1. The molecular formula is C20H27N3. The first kappa shape index (κ1) is 16.0. The van der Waals surface area contributed by atoms with Crippen molar-refractivity contribution >= 4 is 11.5 Å². The van der Waals surface area contributed by atoms with E-state index >= 15 is 0 Å². The van der Waals surface area contributed by atoms with Gasteiger partial charge in [-0.05, 0) is 56.1 Å². The van der Waals surface area contributed by atoms with Gasteiger partial charge in [0, 0.05) is 17.9 Å². The number of hydrogen-bond acceptors (Lipinski definition) is 3. The predicted molar refractivity (Wildman–Crippen MR) is 97.0 cm³/mol. The number of likely N-dealkylation sites (tertiary alicyclic amines) is 1. The third kappa shape index (κ3) is 4.32. The Hall–Kier alpha value is -1.87. The molecule has 3 rings (SSSR count). The van der Waals surface area contributed by atoms with Crippen LogP contribution in [0.4, 0.5) is 11.5 Å². The molecule has 1 N–H and O–H groups in total. The molecule has 1 saturated heterocycles. The zero-order chi connectivity index (χ0) is 15.9. The van der Waals surface area contributed by atoms with Crippen LogP contribution in [-0.2, 0) is 0 Å². The molecule has 0 bridgehead atoms. The van der Waals surface area contributed by atoms with Crippen molar-refractivity contribution in [1.82, 2.24) is 9.88 Å². The van der Waals surface area contributed by atoms with Gasteiger partial charge in [0.05, 0.1) is 0 Å². The van der Waals surface area contributed by atoms with E-state index < -0.39 is 0 Å². The summed E-state index contributed by atoms with van der Waals surface area (Å²) < 4.78 is 0. The molecule has 2 heterocycles. The summed E-state index contributed by atoms with van der Waals surface area (Å²) >= 11 is 0. The van der Waals surface area contributed by atoms with Crippen LogP contribution in [0.15, 0.2) is 48.7 Å². The Morgan fingerprint density at radius 2 is 2.00 bits per heavy atom. The number of benzene rings is 1. The lowest BCUT2D eigenvalue weighted by atomic mass is 9.96. The van der Waals surface area contributed by atoms with Crippen LogP contribution >= 0.6 is 0 Å². The first-order valence-electron chi connectivity index (χ1n) is 8.89. The van der Waals surface area contributed by atoms with Crippen LogP contribution in [-0.4, -0.2) is 23.0 Å². The summed E-state index contributed by atoms with van der Waals surface area (Å²) in [5, 5.41) is 3.35. The van der Waals surface area contributed by atoms with E-state index in [9.17, 15) is 0 Å². The molecule has 2 aromatic rings. The topological polar surface area (TPSA) is 28.2 Å². The lowest BCUT2D eigenvalue weighted by molar-refractivity contribution is 0.146. The number of hydrogen-bond donors (Lipinski definition) is 1. The molecule has 1 atom stereocenters. The second kappa shape index (κ2) is 8.11. The van der Waals surface area contributed by atoms with Crippen LogP contribution in [0.5, 0.6) is 0 Å². The molecule has 0 saturated carbocycles. The Bertz CT molecular complexity index is 580. The zero-order valence-electron chi connectivity index (χ0n) is 14.0. The fraction of sp³-hybridized carbons (Fsp3) is 0.450. The van der Waals surface area contributed by atoms with Gasteiger partial charge in [0.2, 0.25) is 0 Å². The smallest absolute Gasteiger partial charge is 0.130 e. The number of rotatable bonds is 6. The minimum atomic E-state index is 0.550. The highest BCUT2D eigenvalue weighted by molar-refractivity contribution is 5.55. The monoisotopic (exact) mass is 309 g/mol. The quantitative estimate of drug-likeness (QED) is 0.799. The summed E-state index contributed by atoms with van der Waals surface area (Å²) in [5.41, 5.74) is 2.44. The molecular weight excluding hydrogens is 282 g/mol. The Morgan fingerprint density at radius 1 is 1.13 bits per heavy atom. The normalized spacial score (nSPS) is 18.7. The number of para-hydroxylation sites is 1. The van der Waals surface area contributed by atoms with E-state index in [0.717, 1.165) is 11.5 Å². The number of anilines is 2. The Labute approximate surface area is 139 Å². The van der Waals surface area contributed by atoms with Gasteiger partial charge < -0.3 is 5.32 Å². The summed E-state index contributed by atoms with van der Waals surface area (Å²) in [5.74, 6) is 0.913. The van der Waals surface area contributed by atoms with Crippen LogP contribution in [0.3, 0.4) is 0 Å². The van der Waals surface area contributed by atoms with Crippen LogP contribution in [0.1, 0.15) is 50.6 Å². The number of nitrogens with one attached hydrogen (secondary N) is 1. The lowest BCUT2D eigenvalue weighted by Crippen LogP contribution is -2.34. The van der Waals surface area contributed by atoms with Crippen molar-refractivity contribution in [2.24, 2.45) is 0 Å². The van der Waals surface area contributed by atoms with Crippen LogP contribution in [0, 0.1) is 0 Å². The maximum absolute atomic E-state index is 4.63. The van der Waals surface area contributed by atoms with Crippen LogP contribution in [0.2, 0.25) is 0 Å².